The zero-order valence-corrected chi connectivity index (χ0v) is 13.1. The molecule has 106 valence electrons. The molecule has 0 saturated heterocycles. The summed E-state index contributed by atoms with van der Waals surface area (Å²) in [4.78, 5) is 0. The van der Waals surface area contributed by atoms with Gasteiger partial charge in [0.2, 0.25) is 0 Å². The lowest BCUT2D eigenvalue weighted by atomic mass is 10.1. The molecule has 1 aromatic heterocycles. The van der Waals surface area contributed by atoms with E-state index in [1.54, 1.807) is 0 Å². The highest BCUT2D eigenvalue weighted by atomic mass is 79.9. The normalized spacial score (nSPS) is 12.3. The maximum atomic E-state index is 5.95. The van der Waals surface area contributed by atoms with E-state index in [0.29, 0.717) is 6.54 Å². The minimum atomic E-state index is 0.0514. The highest BCUT2D eigenvalue weighted by Crippen LogP contribution is 2.23. The van der Waals surface area contributed by atoms with Crippen molar-refractivity contribution in [1.82, 2.24) is 9.78 Å². The zero-order chi connectivity index (χ0) is 14.7. The van der Waals surface area contributed by atoms with Crippen LogP contribution in [0.5, 0.6) is 0 Å². The van der Waals surface area contributed by atoms with Gasteiger partial charge in [0.1, 0.15) is 0 Å². The van der Waals surface area contributed by atoms with E-state index < -0.39 is 0 Å². The van der Waals surface area contributed by atoms with E-state index in [-0.39, 0.29) is 6.04 Å². The van der Waals surface area contributed by atoms with Gasteiger partial charge in [0.15, 0.2) is 0 Å². The van der Waals surface area contributed by atoms with Crippen LogP contribution in [0.25, 0.3) is 11.1 Å². The Morgan fingerprint density at radius 1 is 1.00 bits per heavy atom. The van der Waals surface area contributed by atoms with Gasteiger partial charge in [-0.2, -0.15) is 5.10 Å². The lowest BCUT2D eigenvalue weighted by molar-refractivity contribution is 0.532. The highest BCUT2D eigenvalue weighted by molar-refractivity contribution is 9.10. The van der Waals surface area contributed by atoms with Crippen LogP contribution in [0.15, 0.2) is 71.5 Å². The van der Waals surface area contributed by atoms with Crippen molar-refractivity contribution in [3.63, 3.8) is 0 Å². The molecule has 2 N–H and O–H groups in total. The maximum Gasteiger partial charge on any atom is 0.0890 e. The smallest absolute Gasteiger partial charge is 0.0890 e. The summed E-state index contributed by atoms with van der Waals surface area (Å²) in [6.07, 6.45) is 3.94. The third kappa shape index (κ3) is 3.06. The van der Waals surface area contributed by atoms with E-state index in [2.05, 4.69) is 51.5 Å². The van der Waals surface area contributed by atoms with Gasteiger partial charge in [-0.15, -0.1) is 0 Å². The largest absolute Gasteiger partial charge is 0.328 e. The summed E-state index contributed by atoms with van der Waals surface area (Å²) in [7, 11) is 0. The summed E-state index contributed by atoms with van der Waals surface area (Å²) in [6.45, 7) is 0.511. The Balaban J connectivity index is 1.92. The van der Waals surface area contributed by atoms with E-state index in [1.807, 2.05) is 41.2 Å². The summed E-state index contributed by atoms with van der Waals surface area (Å²) in [6, 6.07) is 18.5. The van der Waals surface area contributed by atoms with Crippen molar-refractivity contribution in [1.29, 1.82) is 0 Å². The van der Waals surface area contributed by atoms with Crippen LogP contribution in [0.3, 0.4) is 0 Å². The first-order valence-corrected chi connectivity index (χ1v) is 7.62. The second-order valence-corrected chi connectivity index (χ2v) is 5.79. The Labute approximate surface area is 132 Å². The van der Waals surface area contributed by atoms with Gasteiger partial charge >= 0.3 is 0 Å². The number of rotatable bonds is 4. The van der Waals surface area contributed by atoms with Gasteiger partial charge in [-0.25, -0.2) is 0 Å². The van der Waals surface area contributed by atoms with Crippen LogP contribution in [0.4, 0.5) is 0 Å². The van der Waals surface area contributed by atoms with Crippen LogP contribution in [0, 0.1) is 0 Å². The molecule has 2 aromatic carbocycles. The first-order chi connectivity index (χ1) is 10.3. The van der Waals surface area contributed by atoms with Crippen molar-refractivity contribution in [2.24, 2.45) is 5.73 Å². The van der Waals surface area contributed by atoms with Crippen LogP contribution in [0.1, 0.15) is 11.6 Å². The molecule has 3 nitrogen and oxygen atoms in total. The Hall–Kier alpha value is -1.91. The minimum absolute atomic E-state index is 0.0514. The fourth-order valence-corrected chi connectivity index (χ4v) is 2.63. The molecule has 1 unspecified atom stereocenters. The van der Waals surface area contributed by atoms with Gasteiger partial charge in [-0.3, -0.25) is 4.68 Å². The van der Waals surface area contributed by atoms with Gasteiger partial charge in [0.25, 0.3) is 0 Å². The fraction of sp³-hybridized carbons (Fsp3) is 0.118. The third-order valence-corrected chi connectivity index (χ3v) is 4.03. The van der Waals surface area contributed by atoms with E-state index in [1.165, 1.54) is 0 Å². The van der Waals surface area contributed by atoms with Crippen LogP contribution < -0.4 is 5.73 Å². The lowest BCUT2D eigenvalue weighted by Gasteiger charge is -2.16. The van der Waals surface area contributed by atoms with E-state index >= 15 is 0 Å². The van der Waals surface area contributed by atoms with Gasteiger partial charge in [0, 0.05) is 22.8 Å². The number of nitrogens with two attached hydrogens (primary N) is 1. The summed E-state index contributed by atoms with van der Waals surface area (Å²) in [5.41, 5.74) is 9.37. The van der Waals surface area contributed by atoms with Crippen molar-refractivity contribution in [3.8, 4) is 11.1 Å². The molecule has 3 rings (SSSR count). The predicted octanol–water partition coefficient (Wildman–Crippen LogP) is 3.86. The van der Waals surface area contributed by atoms with E-state index in [4.69, 9.17) is 5.73 Å². The molecule has 0 spiro atoms. The van der Waals surface area contributed by atoms with Crippen molar-refractivity contribution in [2.45, 2.75) is 6.04 Å². The van der Waals surface area contributed by atoms with Crippen molar-refractivity contribution < 1.29 is 0 Å². The Morgan fingerprint density at radius 3 is 2.38 bits per heavy atom. The summed E-state index contributed by atoms with van der Waals surface area (Å²) < 4.78 is 3.00. The van der Waals surface area contributed by atoms with Crippen LogP contribution in [-0.2, 0) is 0 Å². The van der Waals surface area contributed by atoms with E-state index in [9.17, 15) is 0 Å². The molecule has 1 heterocycles. The van der Waals surface area contributed by atoms with Gasteiger partial charge in [-0.1, -0.05) is 58.4 Å². The molecular formula is C17H16BrN3. The molecule has 3 aromatic rings. The molecular weight excluding hydrogens is 326 g/mol. The Bertz CT molecular complexity index is 704. The van der Waals surface area contributed by atoms with Gasteiger partial charge in [-0.05, 0) is 23.3 Å². The quantitative estimate of drug-likeness (QED) is 0.782. The topological polar surface area (TPSA) is 43.8 Å². The monoisotopic (exact) mass is 341 g/mol. The first kappa shape index (κ1) is 14.0. The van der Waals surface area contributed by atoms with Gasteiger partial charge in [0.05, 0.1) is 12.2 Å². The molecule has 21 heavy (non-hydrogen) atoms. The maximum absolute atomic E-state index is 5.95. The minimum Gasteiger partial charge on any atom is -0.328 e. The number of nitrogens with zero attached hydrogens (tertiary/aromatic N) is 2. The molecule has 0 radical (unpaired) electrons. The van der Waals surface area contributed by atoms with Gasteiger partial charge < -0.3 is 5.73 Å². The summed E-state index contributed by atoms with van der Waals surface area (Å²) >= 11 is 3.45. The molecule has 0 saturated carbocycles. The summed E-state index contributed by atoms with van der Waals surface area (Å²) in [5, 5.41) is 4.49. The number of hydrogen-bond acceptors (Lipinski definition) is 2. The lowest BCUT2D eigenvalue weighted by Crippen LogP contribution is -2.20. The molecule has 4 heteroatoms. The fourth-order valence-electron chi connectivity index (χ4n) is 2.37. The molecule has 0 bridgehead atoms. The van der Waals surface area contributed by atoms with Crippen molar-refractivity contribution >= 4 is 15.9 Å². The van der Waals surface area contributed by atoms with Crippen LogP contribution in [0.2, 0.25) is 0 Å². The van der Waals surface area contributed by atoms with Crippen LogP contribution in [-0.4, -0.2) is 16.3 Å². The number of aromatic nitrogens is 2. The van der Waals surface area contributed by atoms with Crippen molar-refractivity contribution in [3.05, 3.63) is 77.0 Å². The zero-order valence-electron chi connectivity index (χ0n) is 11.5. The Morgan fingerprint density at radius 2 is 1.71 bits per heavy atom. The second kappa shape index (κ2) is 6.24. The number of hydrogen-bond donors (Lipinski definition) is 1. The molecule has 0 aliphatic rings. The number of halogens is 1. The molecule has 0 aliphatic heterocycles. The molecule has 0 aliphatic carbocycles. The average molecular weight is 342 g/mol. The third-order valence-electron chi connectivity index (χ3n) is 3.51. The molecule has 0 amide bonds. The Kier molecular flexibility index (Phi) is 4.18. The standard InChI is InChI=1S/C17H16BrN3/c18-16-8-6-14(7-9-16)17(10-19)21-12-15(11-20-21)13-4-2-1-3-5-13/h1-9,11-12,17H,10,19H2. The molecule has 1 atom stereocenters. The first-order valence-electron chi connectivity index (χ1n) is 6.83. The second-order valence-electron chi connectivity index (χ2n) is 4.88. The molecule has 0 fully saturated rings. The van der Waals surface area contributed by atoms with Crippen molar-refractivity contribution in [2.75, 3.05) is 6.54 Å². The summed E-state index contributed by atoms with van der Waals surface area (Å²) in [5.74, 6) is 0. The van der Waals surface area contributed by atoms with Crippen LogP contribution >= 0.6 is 15.9 Å². The highest BCUT2D eigenvalue weighted by Gasteiger charge is 2.13. The average Bonchev–Trinajstić information content (AvgIpc) is 3.00. The number of benzene rings is 2. The van der Waals surface area contributed by atoms with E-state index in [0.717, 1.165) is 21.2 Å². The SMILES string of the molecule is NCC(c1ccc(Br)cc1)n1cc(-c2ccccc2)cn1. The predicted molar refractivity (Wildman–Crippen MR) is 89.0 cm³/mol.